The number of benzene rings is 3. The van der Waals surface area contributed by atoms with E-state index in [4.69, 9.17) is 9.15 Å². The maximum atomic E-state index is 14.4. The molecule has 1 aromatic heterocycles. The molecule has 1 saturated heterocycles. The van der Waals surface area contributed by atoms with E-state index in [1.807, 2.05) is 24.3 Å². The fraction of sp³-hybridized carbons (Fsp3) is 0.208. The van der Waals surface area contributed by atoms with Crippen molar-refractivity contribution < 1.29 is 26.8 Å². The van der Waals surface area contributed by atoms with Gasteiger partial charge in [-0.2, -0.15) is 4.31 Å². The predicted molar refractivity (Wildman–Crippen MR) is 123 cm³/mol. The number of halogens is 1. The van der Waals surface area contributed by atoms with Gasteiger partial charge in [0.25, 0.3) is 5.91 Å². The quantitative estimate of drug-likeness (QED) is 0.456. The molecule has 5 rings (SSSR count). The Morgan fingerprint density at radius 3 is 2.55 bits per heavy atom. The van der Waals surface area contributed by atoms with Crippen molar-refractivity contribution in [2.45, 2.75) is 17.7 Å². The van der Waals surface area contributed by atoms with Gasteiger partial charge in [-0.1, -0.05) is 18.2 Å². The number of carbonyl (C=O) groups excluding carboxylic acids is 1. The molecule has 1 aliphatic heterocycles. The van der Waals surface area contributed by atoms with Gasteiger partial charge >= 0.3 is 0 Å². The number of anilines is 1. The molecule has 1 amide bonds. The van der Waals surface area contributed by atoms with Crippen LogP contribution in [0, 0.1) is 5.82 Å². The van der Waals surface area contributed by atoms with E-state index in [0.717, 1.165) is 35.7 Å². The van der Waals surface area contributed by atoms with Gasteiger partial charge in [0.05, 0.1) is 12.8 Å². The number of carbonyl (C=O) groups is 1. The van der Waals surface area contributed by atoms with E-state index in [1.165, 1.54) is 17.5 Å². The van der Waals surface area contributed by atoms with Crippen LogP contribution in [0.3, 0.4) is 0 Å². The Balaban J connectivity index is 1.50. The van der Waals surface area contributed by atoms with Gasteiger partial charge in [-0.05, 0) is 43.2 Å². The molecule has 1 aliphatic rings. The number of hydrogen-bond acceptors (Lipinski definition) is 5. The van der Waals surface area contributed by atoms with Crippen molar-refractivity contribution >= 4 is 43.6 Å². The van der Waals surface area contributed by atoms with Crippen molar-refractivity contribution in [3.05, 3.63) is 66.0 Å². The first kappa shape index (κ1) is 21.4. The van der Waals surface area contributed by atoms with E-state index < -0.39 is 26.6 Å². The van der Waals surface area contributed by atoms with E-state index in [1.54, 1.807) is 12.1 Å². The Labute approximate surface area is 189 Å². The van der Waals surface area contributed by atoms with Gasteiger partial charge in [0, 0.05) is 35.5 Å². The van der Waals surface area contributed by atoms with Crippen LogP contribution in [0.1, 0.15) is 23.2 Å². The smallest absolute Gasteiger partial charge is 0.255 e. The lowest BCUT2D eigenvalue weighted by Gasteiger charge is -2.17. The molecule has 0 atom stereocenters. The third kappa shape index (κ3) is 3.73. The van der Waals surface area contributed by atoms with E-state index in [2.05, 4.69) is 5.32 Å². The van der Waals surface area contributed by atoms with Crippen LogP contribution in [-0.4, -0.2) is 38.8 Å². The van der Waals surface area contributed by atoms with Crippen molar-refractivity contribution in [1.82, 2.24) is 4.31 Å². The fourth-order valence-electron chi connectivity index (χ4n) is 4.12. The molecular weight excluding hydrogens is 447 g/mol. The van der Waals surface area contributed by atoms with Gasteiger partial charge in [-0.25, -0.2) is 12.8 Å². The summed E-state index contributed by atoms with van der Waals surface area (Å²) in [6, 6.07) is 14.3. The number of amides is 1. The Morgan fingerprint density at radius 2 is 1.79 bits per heavy atom. The second-order valence-corrected chi connectivity index (χ2v) is 9.76. The lowest BCUT2D eigenvalue weighted by molar-refractivity contribution is 0.102. The number of methoxy groups -OCH3 is 1. The van der Waals surface area contributed by atoms with Gasteiger partial charge in [0.15, 0.2) is 0 Å². The predicted octanol–water partition coefficient (Wildman–Crippen LogP) is 4.77. The summed E-state index contributed by atoms with van der Waals surface area (Å²) in [4.78, 5) is 12.5. The third-order valence-electron chi connectivity index (χ3n) is 5.82. The standard InChI is InChI=1S/C24H21FN2O5S/c1-31-22-13-17-16-6-2-3-7-20(16)32-21(17)14-19(22)26-24(28)15-8-9-18(25)23(12-15)33(29,30)27-10-4-5-11-27/h2-3,6-9,12-14H,4-5,10-11H2,1H3,(H,26,28). The second-order valence-electron chi connectivity index (χ2n) is 7.86. The highest BCUT2D eigenvalue weighted by Crippen LogP contribution is 2.36. The highest BCUT2D eigenvalue weighted by Gasteiger charge is 2.30. The Morgan fingerprint density at radius 1 is 1.03 bits per heavy atom. The number of fused-ring (bicyclic) bond motifs is 3. The molecule has 9 heteroatoms. The summed E-state index contributed by atoms with van der Waals surface area (Å²) in [5.41, 5.74) is 1.63. The zero-order valence-corrected chi connectivity index (χ0v) is 18.6. The first-order chi connectivity index (χ1) is 15.9. The molecule has 4 aromatic rings. The summed E-state index contributed by atoms with van der Waals surface area (Å²) in [5.74, 6) is -1.07. The molecule has 170 valence electrons. The first-order valence-corrected chi connectivity index (χ1v) is 11.9. The number of hydrogen-bond donors (Lipinski definition) is 1. The van der Waals surface area contributed by atoms with E-state index in [-0.39, 0.29) is 5.56 Å². The van der Waals surface area contributed by atoms with Crippen LogP contribution in [0.5, 0.6) is 5.75 Å². The van der Waals surface area contributed by atoms with Crippen LogP contribution in [-0.2, 0) is 10.0 Å². The third-order valence-corrected chi connectivity index (χ3v) is 7.74. The average molecular weight is 469 g/mol. The van der Waals surface area contributed by atoms with Crippen LogP contribution in [0.2, 0.25) is 0 Å². The zero-order valence-electron chi connectivity index (χ0n) is 17.8. The SMILES string of the molecule is COc1cc2c(cc1NC(=O)c1ccc(F)c(S(=O)(=O)N3CCCC3)c1)oc1ccccc12. The van der Waals surface area contributed by atoms with Crippen molar-refractivity contribution in [2.75, 3.05) is 25.5 Å². The number of para-hydroxylation sites is 1. The van der Waals surface area contributed by atoms with Gasteiger partial charge in [-0.15, -0.1) is 0 Å². The Kier molecular flexibility index (Phi) is 5.30. The van der Waals surface area contributed by atoms with Gasteiger partial charge in [-0.3, -0.25) is 4.79 Å². The average Bonchev–Trinajstić information content (AvgIpc) is 3.47. The normalized spacial score (nSPS) is 14.7. The Bertz CT molecular complexity index is 1490. The minimum absolute atomic E-state index is 0.0147. The fourth-order valence-corrected chi connectivity index (χ4v) is 5.73. The lowest BCUT2D eigenvalue weighted by Crippen LogP contribution is -2.29. The summed E-state index contributed by atoms with van der Waals surface area (Å²) in [7, 11) is -2.53. The molecule has 1 fully saturated rings. The largest absolute Gasteiger partial charge is 0.495 e. The van der Waals surface area contributed by atoms with Gasteiger partial charge in [0.1, 0.15) is 27.6 Å². The zero-order chi connectivity index (χ0) is 23.2. The Hall–Kier alpha value is -3.43. The summed E-state index contributed by atoms with van der Waals surface area (Å²) in [5, 5.41) is 4.48. The van der Waals surface area contributed by atoms with Crippen LogP contribution in [0.15, 0.2) is 63.9 Å². The topological polar surface area (TPSA) is 88.8 Å². The van der Waals surface area contributed by atoms with Crippen molar-refractivity contribution in [2.24, 2.45) is 0 Å². The number of furan rings is 1. The minimum atomic E-state index is -4.02. The summed E-state index contributed by atoms with van der Waals surface area (Å²) >= 11 is 0. The summed E-state index contributed by atoms with van der Waals surface area (Å²) in [6.07, 6.45) is 1.45. The van der Waals surface area contributed by atoms with Gasteiger partial charge in [0.2, 0.25) is 10.0 Å². The molecule has 0 bridgehead atoms. The highest BCUT2D eigenvalue weighted by molar-refractivity contribution is 7.89. The molecule has 0 aliphatic carbocycles. The van der Waals surface area contributed by atoms with Crippen molar-refractivity contribution in [3.8, 4) is 5.75 Å². The van der Waals surface area contributed by atoms with Crippen LogP contribution in [0.25, 0.3) is 21.9 Å². The van der Waals surface area contributed by atoms with Crippen molar-refractivity contribution in [3.63, 3.8) is 0 Å². The molecule has 7 nitrogen and oxygen atoms in total. The minimum Gasteiger partial charge on any atom is -0.495 e. The molecule has 3 aromatic carbocycles. The molecule has 0 unspecified atom stereocenters. The molecule has 0 spiro atoms. The van der Waals surface area contributed by atoms with E-state index >= 15 is 0 Å². The van der Waals surface area contributed by atoms with Gasteiger partial charge < -0.3 is 14.5 Å². The van der Waals surface area contributed by atoms with Crippen LogP contribution in [0.4, 0.5) is 10.1 Å². The van der Waals surface area contributed by atoms with Crippen molar-refractivity contribution in [1.29, 1.82) is 0 Å². The monoisotopic (exact) mass is 468 g/mol. The van der Waals surface area contributed by atoms with E-state index in [9.17, 15) is 17.6 Å². The van der Waals surface area contributed by atoms with Crippen LogP contribution >= 0.6 is 0 Å². The summed E-state index contributed by atoms with van der Waals surface area (Å²) in [6.45, 7) is 0.680. The molecule has 0 radical (unpaired) electrons. The molecule has 1 N–H and O–H groups in total. The second kappa shape index (κ2) is 8.17. The molecule has 2 heterocycles. The molecule has 0 saturated carbocycles. The molecule has 33 heavy (non-hydrogen) atoms. The number of rotatable bonds is 5. The van der Waals surface area contributed by atoms with E-state index in [0.29, 0.717) is 35.7 Å². The number of ether oxygens (including phenoxy) is 1. The highest BCUT2D eigenvalue weighted by atomic mass is 32.2. The van der Waals surface area contributed by atoms with Crippen LogP contribution < -0.4 is 10.1 Å². The number of sulfonamides is 1. The maximum Gasteiger partial charge on any atom is 0.255 e. The molecular formula is C24H21FN2O5S. The first-order valence-electron chi connectivity index (χ1n) is 10.5. The lowest BCUT2D eigenvalue weighted by atomic mass is 10.1. The number of nitrogens with zero attached hydrogens (tertiary/aromatic N) is 1. The number of nitrogens with one attached hydrogen (secondary N) is 1. The summed E-state index contributed by atoms with van der Waals surface area (Å²) < 4.78 is 52.7. The maximum absolute atomic E-state index is 14.4.